The first-order valence-electron chi connectivity index (χ1n) is 11.5. The maximum absolute atomic E-state index is 13.7. The van der Waals surface area contributed by atoms with Gasteiger partial charge in [-0.05, 0) is 66.1 Å². The number of rotatable bonds is 8. The molecule has 1 atom stereocenters. The van der Waals surface area contributed by atoms with Gasteiger partial charge in [0.1, 0.15) is 5.75 Å². The van der Waals surface area contributed by atoms with Crippen LogP contribution >= 0.6 is 0 Å². The number of hydrogen-bond acceptors (Lipinski definition) is 4. The summed E-state index contributed by atoms with van der Waals surface area (Å²) in [5.74, 6) is 0.445. The molecule has 0 amide bonds. The number of phenols is 1. The van der Waals surface area contributed by atoms with Gasteiger partial charge >= 0.3 is 0 Å². The van der Waals surface area contributed by atoms with Crippen molar-refractivity contribution in [1.82, 2.24) is 0 Å². The number of unbranched alkanes of at least 4 members (excludes halogenated alkanes) is 2. The van der Waals surface area contributed by atoms with Crippen molar-refractivity contribution in [3.8, 4) is 5.75 Å². The maximum Gasteiger partial charge on any atom is 0.179 e. The summed E-state index contributed by atoms with van der Waals surface area (Å²) < 4.78 is 27.4. The summed E-state index contributed by atoms with van der Waals surface area (Å²) in [4.78, 5) is 2.50. The molecule has 0 unspecified atom stereocenters. The van der Waals surface area contributed by atoms with Gasteiger partial charge in [-0.15, -0.1) is 0 Å². The third-order valence-corrected chi connectivity index (χ3v) is 8.80. The highest BCUT2D eigenvalue weighted by Gasteiger charge is 2.42. The monoisotopic (exact) mass is 443 g/mol. The van der Waals surface area contributed by atoms with Crippen molar-refractivity contribution in [1.29, 1.82) is 0 Å². The topological polar surface area (TPSA) is 57.6 Å². The lowest BCUT2D eigenvalue weighted by molar-refractivity contribution is 0.230. The van der Waals surface area contributed by atoms with Gasteiger partial charge in [0.25, 0.3) is 0 Å². The van der Waals surface area contributed by atoms with E-state index in [9.17, 15) is 13.5 Å². The number of fused-ring (bicyclic) bond motifs is 1. The van der Waals surface area contributed by atoms with Crippen LogP contribution in [0.2, 0.25) is 0 Å². The lowest BCUT2D eigenvalue weighted by Gasteiger charge is -2.35. The molecule has 170 valence electrons. The smallest absolute Gasteiger partial charge is 0.179 e. The van der Waals surface area contributed by atoms with Gasteiger partial charge in [0.05, 0.1) is 10.6 Å². The van der Waals surface area contributed by atoms with E-state index in [0.29, 0.717) is 4.90 Å². The number of hydrogen-bond donors (Lipinski definition) is 1. The Kier molecular flexibility index (Phi) is 7.35. The van der Waals surface area contributed by atoms with Crippen molar-refractivity contribution in [2.45, 2.75) is 69.6 Å². The number of phenolic OH excluding ortho intramolecular Hbond substituents is 1. The van der Waals surface area contributed by atoms with Crippen LogP contribution in [-0.2, 0) is 9.84 Å². The normalized spacial score (nSPS) is 19.4. The second-order valence-electron chi connectivity index (χ2n) is 9.43. The average molecular weight is 444 g/mol. The van der Waals surface area contributed by atoms with Gasteiger partial charge in [0.15, 0.2) is 9.84 Å². The van der Waals surface area contributed by atoms with Crippen LogP contribution in [0.5, 0.6) is 5.75 Å². The molecule has 0 aromatic heterocycles. The van der Waals surface area contributed by atoms with E-state index < -0.39 is 9.84 Å². The minimum atomic E-state index is -3.41. The zero-order chi connectivity index (χ0) is 22.6. The first-order valence-corrected chi connectivity index (χ1v) is 13.2. The Morgan fingerprint density at radius 1 is 1.00 bits per heavy atom. The molecule has 0 bridgehead atoms. The molecule has 31 heavy (non-hydrogen) atoms. The summed E-state index contributed by atoms with van der Waals surface area (Å²) in [5.41, 5.74) is 2.74. The summed E-state index contributed by atoms with van der Waals surface area (Å²) >= 11 is 0. The van der Waals surface area contributed by atoms with Gasteiger partial charge < -0.3 is 10.0 Å². The lowest BCUT2D eigenvalue weighted by atomic mass is 9.70. The van der Waals surface area contributed by atoms with Crippen LogP contribution in [0.1, 0.15) is 75.8 Å². The van der Waals surface area contributed by atoms with Crippen LogP contribution in [0, 0.1) is 5.41 Å². The molecule has 0 radical (unpaired) electrons. The summed E-state index contributed by atoms with van der Waals surface area (Å²) in [6.07, 6.45) is 6.91. The highest BCUT2D eigenvalue weighted by molar-refractivity contribution is 7.91. The summed E-state index contributed by atoms with van der Waals surface area (Å²) in [6.45, 7) is 4.35. The Bertz CT molecular complexity index is 972. The van der Waals surface area contributed by atoms with E-state index in [2.05, 4.69) is 19.9 Å². The van der Waals surface area contributed by atoms with E-state index in [1.807, 2.05) is 43.3 Å². The molecule has 1 aliphatic heterocycles. The molecule has 0 aliphatic carbocycles. The van der Waals surface area contributed by atoms with Crippen molar-refractivity contribution < 1.29 is 13.5 Å². The van der Waals surface area contributed by atoms with Crippen molar-refractivity contribution >= 4 is 15.5 Å². The van der Waals surface area contributed by atoms with Crippen LogP contribution in [-0.4, -0.2) is 33.4 Å². The second-order valence-corrected chi connectivity index (χ2v) is 11.4. The fourth-order valence-corrected chi connectivity index (χ4v) is 7.24. The van der Waals surface area contributed by atoms with E-state index in [1.165, 1.54) is 0 Å². The standard InChI is InChI=1S/C26H37NO3S/c1-5-7-15-26(16-8-6-2)18-24(20-9-12-22(28)13-10-20)23-17-21(27(3)4)11-14-25(23)31(29,30)19-26/h9-14,17,24,28H,5-8,15-16,18-19H2,1-4H3/t24-/m1/s1. The summed E-state index contributed by atoms with van der Waals surface area (Å²) in [7, 11) is 0.556. The Balaban J connectivity index is 2.22. The Labute approximate surface area is 188 Å². The van der Waals surface area contributed by atoms with Gasteiger partial charge in [-0.1, -0.05) is 51.7 Å². The SMILES string of the molecule is CCCCC1(CCCC)C[C@H](c2ccc(O)cc2)c2cc(N(C)C)ccc2S(=O)(=O)C1. The van der Waals surface area contributed by atoms with Crippen molar-refractivity contribution in [3.63, 3.8) is 0 Å². The minimum Gasteiger partial charge on any atom is -0.508 e. The number of anilines is 1. The van der Waals surface area contributed by atoms with Crippen LogP contribution in [0.3, 0.4) is 0 Å². The van der Waals surface area contributed by atoms with E-state index in [0.717, 1.165) is 61.8 Å². The minimum absolute atomic E-state index is 0.0125. The highest BCUT2D eigenvalue weighted by Crippen LogP contribution is 2.50. The molecule has 5 heteroatoms. The predicted octanol–water partition coefficient (Wildman–Crippen LogP) is 6.13. The van der Waals surface area contributed by atoms with E-state index >= 15 is 0 Å². The fourth-order valence-electron chi connectivity index (χ4n) is 5.03. The van der Waals surface area contributed by atoms with Crippen LogP contribution < -0.4 is 4.90 Å². The lowest BCUT2D eigenvalue weighted by Crippen LogP contribution is -2.30. The zero-order valence-corrected chi connectivity index (χ0v) is 20.2. The molecule has 1 N–H and O–H groups in total. The number of nitrogens with zero attached hydrogens (tertiary/aromatic N) is 1. The van der Waals surface area contributed by atoms with Gasteiger partial charge in [-0.2, -0.15) is 0 Å². The third kappa shape index (κ3) is 5.25. The first kappa shape index (κ1) is 23.6. The molecule has 4 nitrogen and oxygen atoms in total. The van der Waals surface area contributed by atoms with Crippen LogP contribution in [0.4, 0.5) is 5.69 Å². The maximum atomic E-state index is 13.7. The van der Waals surface area contributed by atoms with Crippen LogP contribution in [0.15, 0.2) is 47.4 Å². The molecule has 0 saturated carbocycles. The average Bonchev–Trinajstić information content (AvgIpc) is 2.83. The van der Waals surface area contributed by atoms with E-state index in [1.54, 1.807) is 12.1 Å². The first-order chi connectivity index (χ1) is 14.7. The number of aromatic hydroxyl groups is 1. The zero-order valence-electron chi connectivity index (χ0n) is 19.4. The molecule has 3 rings (SSSR count). The summed E-state index contributed by atoms with van der Waals surface area (Å²) in [5, 5.41) is 9.84. The van der Waals surface area contributed by atoms with Crippen molar-refractivity contribution in [3.05, 3.63) is 53.6 Å². The molecule has 0 fully saturated rings. The Morgan fingerprint density at radius 3 is 2.16 bits per heavy atom. The molecule has 0 spiro atoms. The molecule has 2 aromatic carbocycles. The van der Waals surface area contributed by atoms with Crippen LogP contribution in [0.25, 0.3) is 0 Å². The van der Waals surface area contributed by atoms with E-state index in [4.69, 9.17) is 0 Å². The van der Waals surface area contributed by atoms with Gasteiger partial charge in [0, 0.05) is 25.7 Å². The highest BCUT2D eigenvalue weighted by atomic mass is 32.2. The Hall–Kier alpha value is -2.01. The summed E-state index contributed by atoms with van der Waals surface area (Å²) in [6, 6.07) is 13.1. The molecule has 1 aliphatic rings. The fraction of sp³-hybridized carbons (Fsp3) is 0.538. The number of sulfone groups is 1. The van der Waals surface area contributed by atoms with Crippen molar-refractivity contribution in [2.24, 2.45) is 5.41 Å². The second kappa shape index (κ2) is 9.64. The predicted molar refractivity (Wildman–Crippen MR) is 129 cm³/mol. The Morgan fingerprint density at radius 2 is 1.61 bits per heavy atom. The van der Waals surface area contributed by atoms with Crippen molar-refractivity contribution in [2.75, 3.05) is 24.7 Å². The van der Waals surface area contributed by atoms with Gasteiger partial charge in [-0.25, -0.2) is 8.42 Å². The van der Waals surface area contributed by atoms with Gasteiger partial charge in [0.2, 0.25) is 0 Å². The molecular weight excluding hydrogens is 406 g/mol. The molecule has 1 heterocycles. The molecule has 2 aromatic rings. The number of benzene rings is 2. The van der Waals surface area contributed by atoms with Gasteiger partial charge in [-0.3, -0.25) is 0 Å². The largest absolute Gasteiger partial charge is 0.508 e. The third-order valence-electron chi connectivity index (χ3n) is 6.77. The quantitative estimate of drug-likeness (QED) is 0.533. The molecular formula is C26H37NO3S. The molecule has 0 saturated heterocycles. The van der Waals surface area contributed by atoms with E-state index in [-0.39, 0.29) is 22.8 Å².